The predicted octanol–water partition coefficient (Wildman–Crippen LogP) is 3.59. The molecule has 1 atom stereocenters. The number of aromatic nitrogens is 5. The van der Waals surface area contributed by atoms with Gasteiger partial charge in [0.05, 0.1) is 30.2 Å². The van der Waals surface area contributed by atoms with E-state index in [0.29, 0.717) is 18.3 Å². The summed E-state index contributed by atoms with van der Waals surface area (Å²) < 4.78 is 3.87. The minimum absolute atomic E-state index is 0.145. The number of fused-ring (bicyclic) bond motifs is 1. The molecule has 0 radical (unpaired) electrons. The van der Waals surface area contributed by atoms with Crippen LogP contribution in [0.2, 0.25) is 0 Å². The number of hydrogen-bond acceptors (Lipinski definition) is 5. The SMILES string of the molecule is CNc1nc(-c2cnn(C(CC#N)C3CCCC3)c2)c2ccc(C)n2n1. The molecule has 1 unspecified atom stereocenters. The quantitative estimate of drug-likeness (QED) is 0.761. The van der Waals surface area contributed by atoms with Gasteiger partial charge in [-0.25, -0.2) is 9.50 Å². The number of aryl methyl sites for hydroxylation is 1. The summed E-state index contributed by atoms with van der Waals surface area (Å²) in [7, 11) is 1.82. The summed E-state index contributed by atoms with van der Waals surface area (Å²) >= 11 is 0. The Morgan fingerprint density at radius 2 is 2.15 bits per heavy atom. The first-order valence-electron chi connectivity index (χ1n) is 9.17. The second kappa shape index (κ2) is 6.79. The Labute approximate surface area is 152 Å². The van der Waals surface area contributed by atoms with E-state index in [4.69, 9.17) is 0 Å². The van der Waals surface area contributed by atoms with E-state index in [1.165, 1.54) is 25.7 Å². The van der Waals surface area contributed by atoms with E-state index in [2.05, 4.69) is 26.6 Å². The molecule has 0 aromatic carbocycles. The minimum atomic E-state index is 0.145. The average molecular weight is 349 g/mol. The molecule has 0 bridgehead atoms. The number of hydrogen-bond donors (Lipinski definition) is 1. The van der Waals surface area contributed by atoms with Crippen LogP contribution in [0.5, 0.6) is 0 Å². The largest absolute Gasteiger partial charge is 0.356 e. The van der Waals surface area contributed by atoms with Crippen LogP contribution in [0.3, 0.4) is 0 Å². The predicted molar refractivity (Wildman–Crippen MR) is 99.7 cm³/mol. The highest BCUT2D eigenvalue weighted by Gasteiger charge is 2.27. The highest BCUT2D eigenvalue weighted by Crippen LogP contribution is 2.36. The Morgan fingerprint density at radius 3 is 2.88 bits per heavy atom. The fourth-order valence-corrected chi connectivity index (χ4v) is 3.99. The molecule has 134 valence electrons. The molecule has 1 saturated carbocycles. The maximum absolute atomic E-state index is 9.27. The van der Waals surface area contributed by atoms with Crippen molar-refractivity contribution in [3.63, 3.8) is 0 Å². The van der Waals surface area contributed by atoms with Crippen molar-refractivity contribution in [2.75, 3.05) is 12.4 Å². The zero-order valence-corrected chi connectivity index (χ0v) is 15.2. The molecule has 0 saturated heterocycles. The van der Waals surface area contributed by atoms with E-state index >= 15 is 0 Å². The van der Waals surface area contributed by atoms with Gasteiger partial charge in [-0.15, -0.1) is 5.10 Å². The first-order chi connectivity index (χ1) is 12.7. The summed E-state index contributed by atoms with van der Waals surface area (Å²) in [6.45, 7) is 2.02. The normalized spacial score (nSPS) is 16.0. The lowest BCUT2D eigenvalue weighted by molar-refractivity contribution is 0.315. The van der Waals surface area contributed by atoms with Crippen LogP contribution in [0.15, 0.2) is 24.5 Å². The Balaban J connectivity index is 1.76. The van der Waals surface area contributed by atoms with E-state index in [1.807, 2.05) is 47.7 Å². The van der Waals surface area contributed by atoms with Gasteiger partial charge < -0.3 is 5.32 Å². The third kappa shape index (κ3) is 2.81. The Morgan fingerprint density at radius 1 is 1.35 bits per heavy atom. The van der Waals surface area contributed by atoms with Gasteiger partial charge in [0, 0.05) is 24.5 Å². The van der Waals surface area contributed by atoms with E-state index in [1.54, 1.807) is 0 Å². The molecule has 26 heavy (non-hydrogen) atoms. The average Bonchev–Trinajstić information content (AvgIpc) is 3.41. The molecular formula is C19H23N7. The first-order valence-corrected chi connectivity index (χ1v) is 9.17. The zero-order chi connectivity index (χ0) is 18.1. The van der Waals surface area contributed by atoms with Crippen molar-refractivity contribution in [3.8, 4) is 17.3 Å². The molecular weight excluding hydrogens is 326 g/mol. The topological polar surface area (TPSA) is 83.8 Å². The lowest BCUT2D eigenvalue weighted by atomic mass is 9.96. The van der Waals surface area contributed by atoms with E-state index in [-0.39, 0.29) is 6.04 Å². The number of nitrogens with one attached hydrogen (secondary N) is 1. The van der Waals surface area contributed by atoms with Crippen molar-refractivity contribution in [3.05, 3.63) is 30.2 Å². The summed E-state index contributed by atoms with van der Waals surface area (Å²) in [5, 5.41) is 21.4. The first kappa shape index (κ1) is 16.6. The number of anilines is 1. The maximum Gasteiger partial charge on any atom is 0.241 e. The molecule has 0 spiro atoms. The van der Waals surface area contributed by atoms with Crippen LogP contribution in [0.4, 0.5) is 5.95 Å². The molecule has 7 nitrogen and oxygen atoms in total. The molecule has 3 heterocycles. The van der Waals surface area contributed by atoms with Crippen LogP contribution in [-0.4, -0.2) is 31.4 Å². The lowest BCUT2D eigenvalue weighted by Crippen LogP contribution is -2.17. The van der Waals surface area contributed by atoms with Crippen LogP contribution in [0, 0.1) is 24.2 Å². The van der Waals surface area contributed by atoms with Gasteiger partial charge in [-0.05, 0) is 37.8 Å². The van der Waals surface area contributed by atoms with Gasteiger partial charge in [0.2, 0.25) is 5.95 Å². The molecule has 3 aromatic heterocycles. The van der Waals surface area contributed by atoms with Crippen LogP contribution in [0.25, 0.3) is 16.8 Å². The van der Waals surface area contributed by atoms with Gasteiger partial charge in [-0.3, -0.25) is 4.68 Å². The smallest absolute Gasteiger partial charge is 0.241 e. The van der Waals surface area contributed by atoms with Gasteiger partial charge in [-0.1, -0.05) is 12.8 Å². The summed E-state index contributed by atoms with van der Waals surface area (Å²) in [5.74, 6) is 1.11. The van der Waals surface area contributed by atoms with Crippen LogP contribution < -0.4 is 5.32 Å². The molecule has 4 rings (SSSR count). The molecule has 7 heteroatoms. The molecule has 0 aliphatic heterocycles. The van der Waals surface area contributed by atoms with Crippen LogP contribution in [-0.2, 0) is 0 Å². The van der Waals surface area contributed by atoms with E-state index < -0.39 is 0 Å². The van der Waals surface area contributed by atoms with Crippen molar-refractivity contribution in [1.82, 2.24) is 24.4 Å². The summed E-state index contributed by atoms with van der Waals surface area (Å²) in [5.41, 5.74) is 3.82. The van der Waals surface area contributed by atoms with Crippen molar-refractivity contribution in [2.45, 2.75) is 45.1 Å². The van der Waals surface area contributed by atoms with Crippen molar-refractivity contribution >= 4 is 11.5 Å². The molecule has 0 amide bonds. The molecule has 1 aliphatic carbocycles. The standard InChI is InChI=1S/C19H23N7/c1-13-7-8-17-18(23-19(21-2)24-26(13)17)15-11-22-25(12-15)16(9-10-20)14-5-3-4-6-14/h7-8,11-12,14,16H,3-6,9H2,1-2H3,(H,21,24). The monoisotopic (exact) mass is 349 g/mol. The summed E-state index contributed by atoms with van der Waals surface area (Å²) in [4.78, 5) is 4.66. The maximum atomic E-state index is 9.27. The number of nitrogens with zero attached hydrogens (tertiary/aromatic N) is 6. The molecule has 1 N–H and O–H groups in total. The summed E-state index contributed by atoms with van der Waals surface area (Å²) in [6, 6.07) is 6.56. The third-order valence-corrected chi connectivity index (χ3v) is 5.38. The van der Waals surface area contributed by atoms with Gasteiger partial charge in [0.15, 0.2) is 0 Å². The third-order valence-electron chi connectivity index (χ3n) is 5.38. The Hall–Kier alpha value is -2.88. The van der Waals surface area contributed by atoms with Crippen LogP contribution in [0.1, 0.15) is 43.8 Å². The van der Waals surface area contributed by atoms with Gasteiger partial charge in [0.25, 0.3) is 0 Å². The lowest BCUT2D eigenvalue weighted by Gasteiger charge is -2.21. The number of rotatable bonds is 5. The van der Waals surface area contributed by atoms with Crippen molar-refractivity contribution in [1.29, 1.82) is 5.26 Å². The molecule has 3 aromatic rings. The highest BCUT2D eigenvalue weighted by atomic mass is 15.3. The van der Waals surface area contributed by atoms with Crippen molar-refractivity contribution < 1.29 is 0 Å². The molecule has 1 aliphatic rings. The van der Waals surface area contributed by atoms with E-state index in [0.717, 1.165) is 22.5 Å². The fraction of sp³-hybridized carbons (Fsp3) is 0.474. The Bertz CT molecular complexity index is 956. The summed E-state index contributed by atoms with van der Waals surface area (Å²) in [6.07, 6.45) is 9.25. The second-order valence-corrected chi connectivity index (χ2v) is 6.99. The fourth-order valence-electron chi connectivity index (χ4n) is 3.99. The van der Waals surface area contributed by atoms with Crippen molar-refractivity contribution in [2.24, 2.45) is 5.92 Å². The second-order valence-electron chi connectivity index (χ2n) is 6.99. The molecule has 1 fully saturated rings. The van der Waals surface area contributed by atoms with Gasteiger partial charge in [0.1, 0.15) is 5.69 Å². The Kier molecular flexibility index (Phi) is 4.33. The van der Waals surface area contributed by atoms with Gasteiger partial charge >= 0.3 is 0 Å². The van der Waals surface area contributed by atoms with Gasteiger partial charge in [-0.2, -0.15) is 10.4 Å². The zero-order valence-electron chi connectivity index (χ0n) is 15.2. The van der Waals surface area contributed by atoms with Crippen LogP contribution >= 0.6 is 0 Å². The minimum Gasteiger partial charge on any atom is -0.356 e. The number of nitriles is 1. The van der Waals surface area contributed by atoms with E-state index in [9.17, 15) is 5.26 Å². The highest BCUT2D eigenvalue weighted by molar-refractivity contribution is 5.77.